The maximum absolute atomic E-state index is 13.5. The van der Waals surface area contributed by atoms with Crippen LogP contribution in [0.25, 0.3) is 0 Å². The monoisotopic (exact) mass is 517 g/mol. The fourth-order valence-electron chi connectivity index (χ4n) is 5.63. The summed E-state index contributed by atoms with van der Waals surface area (Å²) in [5.74, 6) is 1.35. The molecule has 7 nitrogen and oxygen atoms in total. The van der Waals surface area contributed by atoms with Crippen LogP contribution in [0.15, 0.2) is 53.9 Å². The normalized spacial score (nSPS) is 21.1. The number of carbonyl (C=O) groups is 2. The minimum Gasteiger partial charge on any atom is -0.454 e. The molecule has 4 heterocycles. The summed E-state index contributed by atoms with van der Waals surface area (Å²) in [4.78, 5) is 34.3. The zero-order valence-corrected chi connectivity index (χ0v) is 22.0. The van der Waals surface area contributed by atoms with Gasteiger partial charge in [-0.15, -0.1) is 11.3 Å². The quantitative estimate of drug-likeness (QED) is 0.521. The lowest BCUT2D eigenvalue weighted by atomic mass is 9.92. The Labute approximate surface area is 221 Å². The van der Waals surface area contributed by atoms with Crippen LogP contribution in [0.1, 0.15) is 44.9 Å². The Balaban J connectivity index is 1.13. The number of carbonyl (C=O) groups excluding carboxylic acids is 2. The molecule has 1 saturated heterocycles. The summed E-state index contributed by atoms with van der Waals surface area (Å²) in [5.41, 5.74) is 4.36. The van der Waals surface area contributed by atoms with E-state index in [1.807, 2.05) is 28.1 Å². The molecule has 2 aromatic carbocycles. The van der Waals surface area contributed by atoms with E-state index in [0.717, 1.165) is 13.0 Å². The maximum Gasteiger partial charge on any atom is 0.254 e. The maximum atomic E-state index is 13.5. The molecule has 0 unspecified atom stereocenters. The van der Waals surface area contributed by atoms with Crippen LogP contribution in [-0.2, 0) is 11.2 Å². The smallest absolute Gasteiger partial charge is 0.254 e. The molecule has 1 aromatic heterocycles. The second-order valence-electron chi connectivity index (χ2n) is 10.1. The predicted octanol–water partition coefficient (Wildman–Crippen LogP) is 4.11. The Morgan fingerprint density at radius 2 is 1.81 bits per heavy atom. The number of nitrogens with zero attached hydrogens (tertiary/aromatic N) is 3. The molecule has 192 valence electrons. The van der Waals surface area contributed by atoms with E-state index in [2.05, 4.69) is 47.5 Å². The van der Waals surface area contributed by atoms with Crippen molar-refractivity contribution in [3.63, 3.8) is 0 Å². The molecule has 37 heavy (non-hydrogen) atoms. The van der Waals surface area contributed by atoms with Gasteiger partial charge >= 0.3 is 0 Å². The van der Waals surface area contributed by atoms with Crippen molar-refractivity contribution in [1.29, 1.82) is 0 Å². The molecule has 0 spiro atoms. The largest absolute Gasteiger partial charge is 0.454 e. The molecule has 0 aliphatic carbocycles. The number of aryl methyl sites for hydroxylation is 1. The van der Waals surface area contributed by atoms with Crippen LogP contribution in [0, 0.1) is 6.92 Å². The molecule has 0 N–H and O–H groups in total. The number of benzene rings is 2. The van der Waals surface area contributed by atoms with Crippen LogP contribution in [0.5, 0.6) is 11.5 Å². The summed E-state index contributed by atoms with van der Waals surface area (Å²) in [6, 6.07) is 16.2. The van der Waals surface area contributed by atoms with Crippen molar-refractivity contribution >= 4 is 23.2 Å². The lowest BCUT2D eigenvalue weighted by molar-refractivity contribution is -0.135. The number of thiophene rings is 1. The Kier molecular flexibility index (Phi) is 6.38. The molecule has 2 atom stereocenters. The highest BCUT2D eigenvalue weighted by atomic mass is 32.1. The summed E-state index contributed by atoms with van der Waals surface area (Å²) in [6.07, 6.45) is 0.969. The SMILES string of the molecule is Cc1ccc([C@H]2c3ccsc3CCN2CC(=O)N2CCN(C(=O)c3ccc4c(c3)OCO4)[C@@H](C)C2)cc1. The average Bonchev–Trinajstić information content (AvgIpc) is 3.58. The number of hydrogen-bond acceptors (Lipinski definition) is 6. The summed E-state index contributed by atoms with van der Waals surface area (Å²) in [7, 11) is 0. The number of hydrogen-bond donors (Lipinski definition) is 0. The first-order valence-electron chi connectivity index (χ1n) is 12.8. The third-order valence-electron chi connectivity index (χ3n) is 7.66. The fourth-order valence-corrected chi connectivity index (χ4v) is 6.54. The average molecular weight is 518 g/mol. The molecule has 0 bridgehead atoms. The summed E-state index contributed by atoms with van der Waals surface area (Å²) in [5, 5.41) is 2.16. The Morgan fingerprint density at radius 3 is 2.62 bits per heavy atom. The molecular formula is C29H31N3O4S. The van der Waals surface area contributed by atoms with E-state index in [-0.39, 0.29) is 30.7 Å². The summed E-state index contributed by atoms with van der Waals surface area (Å²) < 4.78 is 10.8. The Morgan fingerprint density at radius 1 is 1.00 bits per heavy atom. The second kappa shape index (κ2) is 9.84. The minimum absolute atomic E-state index is 0.0432. The number of amides is 2. The van der Waals surface area contributed by atoms with Crippen molar-refractivity contribution in [1.82, 2.24) is 14.7 Å². The van der Waals surface area contributed by atoms with Crippen LogP contribution in [0.2, 0.25) is 0 Å². The van der Waals surface area contributed by atoms with Crippen LogP contribution < -0.4 is 9.47 Å². The van der Waals surface area contributed by atoms with Crippen LogP contribution in [0.3, 0.4) is 0 Å². The molecule has 6 rings (SSSR count). The van der Waals surface area contributed by atoms with Gasteiger partial charge in [0.15, 0.2) is 11.5 Å². The van der Waals surface area contributed by atoms with Crippen molar-refractivity contribution in [3.8, 4) is 11.5 Å². The minimum atomic E-state index is -0.0756. The van der Waals surface area contributed by atoms with E-state index in [1.165, 1.54) is 21.6 Å². The van der Waals surface area contributed by atoms with Gasteiger partial charge in [0.1, 0.15) is 0 Å². The van der Waals surface area contributed by atoms with E-state index in [4.69, 9.17) is 9.47 Å². The van der Waals surface area contributed by atoms with Crippen LogP contribution >= 0.6 is 11.3 Å². The van der Waals surface area contributed by atoms with Gasteiger partial charge in [-0.05, 0) is 61.0 Å². The Hall–Kier alpha value is -3.36. The van der Waals surface area contributed by atoms with E-state index in [0.29, 0.717) is 43.2 Å². The fraction of sp³-hybridized carbons (Fsp3) is 0.379. The lowest BCUT2D eigenvalue weighted by Gasteiger charge is -2.42. The van der Waals surface area contributed by atoms with E-state index >= 15 is 0 Å². The molecule has 1 fully saturated rings. The summed E-state index contributed by atoms with van der Waals surface area (Å²) >= 11 is 1.81. The van der Waals surface area contributed by atoms with Gasteiger partial charge in [-0.25, -0.2) is 0 Å². The van der Waals surface area contributed by atoms with Gasteiger partial charge in [-0.2, -0.15) is 0 Å². The van der Waals surface area contributed by atoms with Gasteiger partial charge in [0.25, 0.3) is 5.91 Å². The molecule has 2 amide bonds. The second-order valence-corrected chi connectivity index (χ2v) is 11.1. The molecule has 0 saturated carbocycles. The van der Waals surface area contributed by atoms with Gasteiger partial charge in [-0.1, -0.05) is 29.8 Å². The van der Waals surface area contributed by atoms with E-state index in [9.17, 15) is 9.59 Å². The Bertz CT molecular complexity index is 1320. The van der Waals surface area contributed by atoms with Gasteiger partial charge in [0.05, 0.1) is 12.6 Å². The predicted molar refractivity (Wildman–Crippen MR) is 142 cm³/mol. The highest BCUT2D eigenvalue weighted by Crippen LogP contribution is 2.38. The molecule has 3 aliphatic rings. The standard InChI is InChI=1S/C29H31N3O4S/c1-19-3-5-21(6-4-19)28-23-10-14-37-26(23)9-11-31(28)17-27(33)30-12-13-32(20(2)16-30)29(34)22-7-8-24-25(15-22)36-18-35-24/h3-8,10,14-15,20,28H,9,11-13,16-18H2,1-2H3/t20-,28-/m0/s1. The van der Waals surface area contributed by atoms with Crippen molar-refractivity contribution in [2.24, 2.45) is 0 Å². The third-order valence-corrected chi connectivity index (χ3v) is 8.65. The number of rotatable bonds is 4. The molecule has 3 aliphatic heterocycles. The molecular weight excluding hydrogens is 486 g/mol. The highest BCUT2D eigenvalue weighted by molar-refractivity contribution is 7.10. The van der Waals surface area contributed by atoms with Crippen molar-refractivity contribution < 1.29 is 19.1 Å². The summed E-state index contributed by atoms with van der Waals surface area (Å²) in [6.45, 7) is 7.09. The van der Waals surface area contributed by atoms with Crippen LogP contribution in [-0.4, -0.2) is 72.1 Å². The van der Waals surface area contributed by atoms with E-state index < -0.39 is 0 Å². The van der Waals surface area contributed by atoms with Gasteiger partial charge in [0.2, 0.25) is 12.7 Å². The first-order valence-corrected chi connectivity index (χ1v) is 13.7. The lowest BCUT2D eigenvalue weighted by Crippen LogP contribution is -2.57. The molecule has 3 aromatic rings. The van der Waals surface area contributed by atoms with Gasteiger partial charge < -0.3 is 19.3 Å². The van der Waals surface area contributed by atoms with Gasteiger partial charge in [-0.3, -0.25) is 14.5 Å². The number of ether oxygens (including phenoxy) is 2. The zero-order chi connectivity index (χ0) is 25.5. The van der Waals surface area contributed by atoms with Crippen molar-refractivity contribution in [2.45, 2.75) is 32.4 Å². The first-order chi connectivity index (χ1) is 18.0. The molecule has 8 heteroatoms. The van der Waals surface area contributed by atoms with Gasteiger partial charge in [0, 0.05) is 42.7 Å². The first kappa shape index (κ1) is 24.0. The highest BCUT2D eigenvalue weighted by Gasteiger charge is 2.35. The van der Waals surface area contributed by atoms with Crippen LogP contribution in [0.4, 0.5) is 0 Å². The van der Waals surface area contributed by atoms with E-state index in [1.54, 1.807) is 18.2 Å². The number of fused-ring (bicyclic) bond motifs is 2. The molecule has 0 radical (unpaired) electrons. The van der Waals surface area contributed by atoms with Crippen molar-refractivity contribution in [3.05, 3.63) is 81.0 Å². The van der Waals surface area contributed by atoms with Crippen molar-refractivity contribution in [2.75, 3.05) is 39.5 Å². The third kappa shape index (κ3) is 4.60. The topological polar surface area (TPSA) is 62.3 Å². The zero-order valence-electron chi connectivity index (χ0n) is 21.2. The number of piperazine rings is 1.